The maximum absolute atomic E-state index is 4.44. The molecule has 8 aromatic rings. The van der Waals surface area contributed by atoms with Gasteiger partial charge in [-0.2, -0.15) is 5.10 Å². The molecule has 7 heterocycles. The van der Waals surface area contributed by atoms with Gasteiger partial charge in [0.25, 0.3) is 0 Å². The van der Waals surface area contributed by atoms with Crippen molar-refractivity contribution in [2.45, 2.75) is 258 Å². The molecule has 0 atom stereocenters. The van der Waals surface area contributed by atoms with E-state index >= 15 is 0 Å². The molecule has 0 radical (unpaired) electrons. The molecule has 0 amide bonds. The van der Waals surface area contributed by atoms with Gasteiger partial charge in [-0.1, -0.05) is 214 Å². The molecule has 9 nitrogen and oxygen atoms in total. The first-order valence-electron chi connectivity index (χ1n) is 31.0. The van der Waals surface area contributed by atoms with Crippen LogP contribution in [0.5, 0.6) is 0 Å². The molecule has 0 spiro atoms. The standard InChI is InChI=1S/C11H16.5C10H15N.C9H14N2.C8H14N2/c1-9-5-7-10(8-6-9)11(2,3)4;1-8-5-9(7-11-6-8)10(2,3)4;1-8-7-9(5-6-11-8)10(2,3)4;1-8-5-6-9(7-11-8)10(2,3)4;1-8-5-6-11-9(7-8)10(2,3)4;1-8-6-5-7-9(11-8)10(2,3)4;1-7-10-5-8(6-11-7)9(2,3)4;1-8(2,3)7-5-9-10(4)6-7/h5-8H,1-4H3;5*5-7H,1-4H3;5-6H,1-4H3;5-6H,1-4H3. The van der Waals surface area contributed by atoms with Gasteiger partial charge in [0.2, 0.25) is 0 Å². The van der Waals surface area contributed by atoms with Crippen LogP contribution in [0.15, 0.2) is 141 Å². The molecule has 0 saturated carbocycles. The second-order valence-electron chi connectivity index (χ2n) is 31.3. The van der Waals surface area contributed by atoms with Gasteiger partial charge in [-0.3, -0.25) is 29.6 Å². The topological polar surface area (TPSA) is 108 Å². The first-order chi connectivity index (χ1) is 39.5. The predicted molar refractivity (Wildman–Crippen MR) is 376 cm³/mol. The van der Waals surface area contributed by atoms with Crippen molar-refractivity contribution in [3.8, 4) is 0 Å². The van der Waals surface area contributed by atoms with Crippen LogP contribution in [0.25, 0.3) is 0 Å². The van der Waals surface area contributed by atoms with Gasteiger partial charge in [-0.15, -0.1) is 0 Å². The summed E-state index contributed by atoms with van der Waals surface area (Å²) in [7, 11) is 1.94. The van der Waals surface area contributed by atoms with Crippen molar-refractivity contribution >= 4 is 0 Å². The summed E-state index contributed by atoms with van der Waals surface area (Å²) in [6.07, 6.45) is 17.3. The summed E-state index contributed by atoms with van der Waals surface area (Å²) in [6, 6.07) is 29.7. The Morgan fingerprint density at radius 1 is 0.299 bits per heavy atom. The van der Waals surface area contributed by atoms with Crippen LogP contribution in [-0.4, -0.2) is 44.7 Å². The summed E-state index contributed by atoms with van der Waals surface area (Å²) in [4.78, 5) is 29.6. The lowest BCUT2D eigenvalue weighted by molar-refractivity contribution is 0.567. The first kappa shape index (κ1) is 78.3. The Morgan fingerprint density at radius 2 is 0.782 bits per heavy atom. The Bertz CT molecular complexity index is 2850. The van der Waals surface area contributed by atoms with E-state index in [0.717, 1.165) is 34.3 Å². The number of hydrogen-bond donors (Lipinski definition) is 0. The van der Waals surface area contributed by atoms with Crippen LogP contribution in [0.1, 0.15) is 251 Å². The third kappa shape index (κ3) is 32.7. The summed E-state index contributed by atoms with van der Waals surface area (Å²) in [6.45, 7) is 66.8. The summed E-state index contributed by atoms with van der Waals surface area (Å²) in [5.41, 5.74) is 19.0. The fourth-order valence-electron chi connectivity index (χ4n) is 7.44. The predicted octanol–water partition coefficient (Wildman–Crippen LogP) is 20.5. The fourth-order valence-corrected chi connectivity index (χ4v) is 7.44. The SMILES string of the molecule is Cc1cc(C(C)(C)C)ccn1.Cc1ccc(C(C)(C)C)cc1.Cc1ccc(C(C)(C)C)cn1.Cc1cccc(C(C)(C)C)n1.Cc1ccnc(C(C)(C)C)c1.Cc1cncc(C(C)(C)C)c1.Cc1ncc(C(C)(C)C)cn1.Cn1cc(C(C)(C)C)cn1. The largest absolute Gasteiger partial charge is 0.276 e. The fraction of sp³-hybridized carbons (Fsp3) is 0.513. The monoisotopic (exact) mass is 1180 g/mol. The van der Waals surface area contributed by atoms with E-state index in [2.05, 4.69) is 306 Å². The summed E-state index contributed by atoms with van der Waals surface area (Å²) >= 11 is 0. The molecule has 0 fully saturated rings. The highest BCUT2D eigenvalue weighted by Gasteiger charge is 2.19. The molecule has 0 bridgehead atoms. The van der Waals surface area contributed by atoms with Gasteiger partial charge >= 0.3 is 0 Å². The van der Waals surface area contributed by atoms with E-state index in [0.29, 0.717) is 0 Å². The third-order valence-corrected chi connectivity index (χ3v) is 13.8. The molecule has 9 heteroatoms. The van der Waals surface area contributed by atoms with Crippen molar-refractivity contribution in [2.24, 2.45) is 7.05 Å². The maximum Gasteiger partial charge on any atom is 0.125 e. The van der Waals surface area contributed by atoms with Gasteiger partial charge in [-0.05, 0) is 168 Å². The van der Waals surface area contributed by atoms with Crippen LogP contribution >= 0.6 is 0 Å². The van der Waals surface area contributed by atoms with Gasteiger partial charge in [0.05, 0.1) is 6.20 Å². The zero-order valence-electron chi connectivity index (χ0n) is 60.8. The molecule has 0 aliphatic heterocycles. The van der Waals surface area contributed by atoms with Crippen molar-refractivity contribution in [3.63, 3.8) is 0 Å². The second-order valence-corrected chi connectivity index (χ2v) is 31.3. The Balaban J connectivity index is 0.000000497. The average molecular weight is 1180 g/mol. The van der Waals surface area contributed by atoms with Crippen LogP contribution in [0, 0.1) is 48.5 Å². The molecule has 476 valence electrons. The minimum atomic E-state index is 0.160. The second kappa shape index (κ2) is 33.6. The molecule has 0 unspecified atom stereocenters. The van der Waals surface area contributed by atoms with Crippen LogP contribution in [0.2, 0.25) is 0 Å². The van der Waals surface area contributed by atoms with Crippen molar-refractivity contribution in [3.05, 3.63) is 225 Å². The number of pyridine rings is 5. The van der Waals surface area contributed by atoms with E-state index in [9.17, 15) is 0 Å². The molecule has 0 aliphatic carbocycles. The van der Waals surface area contributed by atoms with Crippen LogP contribution in [0.3, 0.4) is 0 Å². The molecule has 7 aromatic heterocycles. The lowest BCUT2D eigenvalue weighted by Crippen LogP contribution is -2.13. The number of aromatic nitrogens is 9. The zero-order valence-corrected chi connectivity index (χ0v) is 60.8. The van der Waals surface area contributed by atoms with Crippen molar-refractivity contribution in [1.29, 1.82) is 0 Å². The number of nitrogens with zero attached hydrogens (tertiary/aromatic N) is 9. The number of hydrogen-bond acceptors (Lipinski definition) is 8. The van der Waals surface area contributed by atoms with Gasteiger partial charge in [0, 0.05) is 95.9 Å². The molecule has 87 heavy (non-hydrogen) atoms. The lowest BCUT2D eigenvalue weighted by Gasteiger charge is -2.18. The van der Waals surface area contributed by atoms with Crippen LogP contribution in [0.4, 0.5) is 0 Å². The van der Waals surface area contributed by atoms with E-state index in [-0.39, 0.29) is 43.3 Å². The molecular weight excluding hydrogens is 1060 g/mol. The Labute approximate surface area is 532 Å². The molecular formula is C78H119N9. The summed E-state index contributed by atoms with van der Waals surface area (Å²) in [5, 5.41) is 4.10. The highest BCUT2D eigenvalue weighted by Crippen LogP contribution is 2.26. The maximum atomic E-state index is 4.44. The lowest BCUT2D eigenvalue weighted by atomic mass is 9.87. The third-order valence-electron chi connectivity index (χ3n) is 13.8. The van der Waals surface area contributed by atoms with Crippen molar-refractivity contribution < 1.29 is 0 Å². The van der Waals surface area contributed by atoms with Gasteiger partial charge in [-0.25, -0.2) is 9.97 Å². The van der Waals surface area contributed by atoms with Crippen LogP contribution in [-0.2, 0) is 50.4 Å². The highest BCUT2D eigenvalue weighted by molar-refractivity contribution is 5.28. The molecule has 0 saturated heterocycles. The van der Waals surface area contributed by atoms with Gasteiger partial charge in [0.15, 0.2) is 0 Å². The van der Waals surface area contributed by atoms with E-state index < -0.39 is 0 Å². The van der Waals surface area contributed by atoms with Crippen molar-refractivity contribution in [1.82, 2.24) is 44.7 Å². The minimum absolute atomic E-state index is 0.160. The molecule has 8 rings (SSSR count). The number of aryl methyl sites for hydroxylation is 8. The first-order valence-corrected chi connectivity index (χ1v) is 31.0. The summed E-state index contributed by atoms with van der Waals surface area (Å²) < 4.78 is 1.83. The average Bonchev–Trinajstić information content (AvgIpc) is 4.09. The number of benzene rings is 1. The molecule has 1 aromatic carbocycles. The Morgan fingerprint density at radius 3 is 1.13 bits per heavy atom. The van der Waals surface area contributed by atoms with Crippen molar-refractivity contribution in [2.75, 3.05) is 0 Å². The highest BCUT2D eigenvalue weighted by atomic mass is 15.2. The minimum Gasteiger partial charge on any atom is -0.276 e. The van der Waals surface area contributed by atoms with Crippen LogP contribution < -0.4 is 0 Å². The number of rotatable bonds is 0. The van der Waals surface area contributed by atoms with E-state index in [1.165, 1.54) is 50.1 Å². The zero-order chi connectivity index (χ0) is 67.2. The molecule has 0 aliphatic rings. The van der Waals surface area contributed by atoms with E-state index in [4.69, 9.17) is 0 Å². The Kier molecular flexibility index (Phi) is 30.2. The normalized spacial score (nSPS) is 11.7. The smallest absolute Gasteiger partial charge is 0.125 e. The van der Waals surface area contributed by atoms with E-state index in [1.807, 2.05) is 101 Å². The Hall–Kier alpha value is -6.74. The quantitative estimate of drug-likeness (QED) is 0.148. The van der Waals surface area contributed by atoms with E-state index in [1.54, 1.807) is 0 Å². The van der Waals surface area contributed by atoms with Gasteiger partial charge < -0.3 is 0 Å². The summed E-state index contributed by atoms with van der Waals surface area (Å²) in [5.74, 6) is 0.831. The van der Waals surface area contributed by atoms with Gasteiger partial charge in [0.1, 0.15) is 5.82 Å². The molecule has 0 N–H and O–H groups in total.